The van der Waals surface area contributed by atoms with E-state index >= 15 is 0 Å². The van der Waals surface area contributed by atoms with E-state index in [4.69, 9.17) is 25.8 Å². The summed E-state index contributed by atoms with van der Waals surface area (Å²) in [7, 11) is 1.56. The van der Waals surface area contributed by atoms with Crippen molar-refractivity contribution < 1.29 is 23.4 Å². The van der Waals surface area contributed by atoms with Gasteiger partial charge in [0.15, 0.2) is 17.3 Å². The number of amides is 1. The third-order valence-corrected chi connectivity index (χ3v) is 5.86. The Morgan fingerprint density at radius 3 is 2.71 bits per heavy atom. The van der Waals surface area contributed by atoms with Crippen molar-refractivity contribution >= 4 is 39.9 Å². The number of benzene rings is 2. The number of halogens is 2. The van der Waals surface area contributed by atoms with Gasteiger partial charge in [-0.25, -0.2) is 14.4 Å². The molecule has 8 nitrogen and oxygen atoms in total. The van der Waals surface area contributed by atoms with Crippen LogP contribution in [0.3, 0.4) is 0 Å². The quantitative estimate of drug-likeness (QED) is 0.439. The first-order valence-electron chi connectivity index (χ1n) is 11.0. The molecule has 34 heavy (non-hydrogen) atoms. The molecule has 1 aliphatic rings. The van der Waals surface area contributed by atoms with Crippen LogP contribution in [0.15, 0.2) is 36.7 Å². The van der Waals surface area contributed by atoms with Gasteiger partial charge in [0.05, 0.1) is 43.2 Å². The van der Waals surface area contributed by atoms with Crippen LogP contribution in [0.5, 0.6) is 11.5 Å². The number of rotatable bonds is 8. The Kier molecular flexibility index (Phi) is 7.77. The van der Waals surface area contributed by atoms with Crippen molar-refractivity contribution in [3.8, 4) is 11.5 Å². The number of aromatic nitrogens is 2. The van der Waals surface area contributed by atoms with Gasteiger partial charge in [-0.2, -0.15) is 0 Å². The van der Waals surface area contributed by atoms with Gasteiger partial charge in [-0.05, 0) is 30.7 Å². The first-order chi connectivity index (χ1) is 16.5. The molecule has 4 rings (SSSR count). The second kappa shape index (κ2) is 10.9. The summed E-state index contributed by atoms with van der Waals surface area (Å²) in [5, 5.41) is 0.496. The summed E-state index contributed by atoms with van der Waals surface area (Å²) in [6, 6.07) is 7.58. The van der Waals surface area contributed by atoms with Gasteiger partial charge < -0.3 is 14.2 Å². The number of anilines is 2. The molecule has 0 aliphatic carbocycles. The van der Waals surface area contributed by atoms with Crippen LogP contribution < -0.4 is 14.4 Å². The Hall–Kier alpha value is -3.01. The lowest BCUT2D eigenvalue weighted by Gasteiger charge is -2.26. The number of carbonyl (C=O) groups is 1. The lowest BCUT2D eigenvalue weighted by molar-refractivity contribution is -0.115. The first kappa shape index (κ1) is 24.1. The Bertz CT molecular complexity index is 1170. The number of hydrogen-bond acceptors (Lipinski definition) is 7. The molecule has 2 heterocycles. The number of nitrogens with zero attached hydrogens (tertiary/aromatic N) is 4. The van der Waals surface area contributed by atoms with Gasteiger partial charge in [0.2, 0.25) is 5.91 Å². The van der Waals surface area contributed by atoms with Crippen LogP contribution >= 0.6 is 11.6 Å². The van der Waals surface area contributed by atoms with E-state index in [9.17, 15) is 9.18 Å². The molecule has 10 heteroatoms. The number of hydrogen-bond donors (Lipinski definition) is 0. The Morgan fingerprint density at radius 1 is 1.21 bits per heavy atom. The zero-order chi connectivity index (χ0) is 24.1. The zero-order valence-electron chi connectivity index (χ0n) is 19.1. The molecular formula is C24H26ClFN4O4. The predicted octanol–water partition coefficient (Wildman–Crippen LogP) is 4.22. The molecule has 3 aromatic rings. The van der Waals surface area contributed by atoms with E-state index in [1.807, 2.05) is 0 Å². The van der Waals surface area contributed by atoms with Gasteiger partial charge >= 0.3 is 0 Å². The van der Waals surface area contributed by atoms with Crippen LogP contribution in [0.25, 0.3) is 10.9 Å². The van der Waals surface area contributed by atoms with E-state index in [1.54, 1.807) is 19.2 Å². The molecule has 0 saturated carbocycles. The normalized spacial score (nSPS) is 14.2. The summed E-state index contributed by atoms with van der Waals surface area (Å²) in [5.41, 5.74) is 0.963. The molecule has 1 fully saturated rings. The van der Waals surface area contributed by atoms with E-state index in [0.29, 0.717) is 40.5 Å². The third-order valence-electron chi connectivity index (χ3n) is 5.57. The maximum absolute atomic E-state index is 13.7. The lowest BCUT2D eigenvalue weighted by Crippen LogP contribution is -2.37. The fourth-order valence-electron chi connectivity index (χ4n) is 3.87. The molecule has 1 aromatic heterocycles. The van der Waals surface area contributed by atoms with E-state index in [-0.39, 0.29) is 10.9 Å². The van der Waals surface area contributed by atoms with Gasteiger partial charge in [-0.15, -0.1) is 0 Å². The molecule has 0 spiro atoms. The third kappa shape index (κ3) is 5.38. The fourth-order valence-corrected chi connectivity index (χ4v) is 4.05. The molecule has 0 atom stereocenters. The van der Waals surface area contributed by atoms with Crippen molar-refractivity contribution in [2.24, 2.45) is 0 Å². The van der Waals surface area contributed by atoms with Gasteiger partial charge in [0, 0.05) is 38.0 Å². The molecule has 1 aliphatic heterocycles. The predicted molar refractivity (Wildman–Crippen MR) is 128 cm³/mol. The average Bonchev–Trinajstić information content (AvgIpc) is 2.84. The van der Waals surface area contributed by atoms with Gasteiger partial charge in [0.1, 0.15) is 12.1 Å². The van der Waals surface area contributed by atoms with E-state index in [1.165, 1.54) is 36.4 Å². The van der Waals surface area contributed by atoms with E-state index in [0.717, 1.165) is 39.3 Å². The molecule has 2 aromatic carbocycles. The van der Waals surface area contributed by atoms with Crippen molar-refractivity contribution in [3.63, 3.8) is 0 Å². The molecule has 0 unspecified atom stereocenters. The summed E-state index contributed by atoms with van der Waals surface area (Å²) in [6.45, 7) is 6.17. The molecule has 1 amide bonds. The molecule has 1 saturated heterocycles. The largest absolute Gasteiger partial charge is 0.493 e. The van der Waals surface area contributed by atoms with Gasteiger partial charge in [-0.3, -0.25) is 14.6 Å². The summed E-state index contributed by atoms with van der Waals surface area (Å²) in [4.78, 5) is 25.0. The van der Waals surface area contributed by atoms with Crippen LogP contribution in [0, 0.1) is 5.82 Å². The first-order valence-corrected chi connectivity index (χ1v) is 11.4. The number of ether oxygens (including phenoxy) is 3. The average molecular weight is 489 g/mol. The second-order valence-corrected chi connectivity index (χ2v) is 8.23. The maximum atomic E-state index is 13.7. The minimum absolute atomic E-state index is 0.0897. The van der Waals surface area contributed by atoms with Crippen LogP contribution in [0.4, 0.5) is 15.9 Å². The zero-order valence-corrected chi connectivity index (χ0v) is 19.8. The highest BCUT2D eigenvalue weighted by atomic mass is 35.5. The second-order valence-electron chi connectivity index (χ2n) is 7.83. The standard InChI is InChI=1S/C24H26ClFN4O4/c1-16(31)30(17-4-5-20(26)19(25)12-17)24-18-13-23(22(32-2)14-21(18)27-15-28-24)34-9-3-6-29-7-10-33-11-8-29/h4-5,12-15H,3,6-11H2,1-2H3. The van der Waals surface area contributed by atoms with Crippen molar-refractivity contribution in [3.05, 3.63) is 47.5 Å². The topological polar surface area (TPSA) is 77.0 Å². The number of carbonyl (C=O) groups excluding carboxylic acids is 1. The summed E-state index contributed by atoms with van der Waals surface area (Å²) < 4.78 is 30.7. The minimum atomic E-state index is -0.570. The van der Waals surface area contributed by atoms with Crippen molar-refractivity contribution in [2.45, 2.75) is 13.3 Å². The lowest BCUT2D eigenvalue weighted by atomic mass is 10.1. The molecule has 180 valence electrons. The van der Waals surface area contributed by atoms with Crippen LogP contribution in [-0.4, -0.2) is 67.3 Å². The van der Waals surface area contributed by atoms with Crippen LogP contribution in [-0.2, 0) is 9.53 Å². The highest BCUT2D eigenvalue weighted by Gasteiger charge is 2.21. The van der Waals surface area contributed by atoms with Crippen LogP contribution in [0.1, 0.15) is 13.3 Å². The van der Waals surface area contributed by atoms with Gasteiger partial charge in [-0.1, -0.05) is 11.6 Å². The monoisotopic (exact) mass is 488 g/mol. The summed E-state index contributed by atoms with van der Waals surface area (Å²) >= 11 is 5.97. The Labute approximate surface area is 202 Å². The SMILES string of the molecule is COc1cc2ncnc(N(C(C)=O)c3ccc(F)c(Cl)c3)c2cc1OCCCN1CCOCC1. The highest BCUT2D eigenvalue weighted by Crippen LogP contribution is 2.37. The van der Waals surface area contributed by atoms with E-state index < -0.39 is 5.82 Å². The molecular weight excluding hydrogens is 463 g/mol. The van der Waals surface area contributed by atoms with E-state index in [2.05, 4.69) is 14.9 Å². The Morgan fingerprint density at radius 2 is 2.00 bits per heavy atom. The summed E-state index contributed by atoms with van der Waals surface area (Å²) in [6.07, 6.45) is 2.20. The Balaban J connectivity index is 1.63. The number of fused-ring (bicyclic) bond motifs is 1. The summed E-state index contributed by atoms with van der Waals surface area (Å²) in [5.74, 6) is 0.503. The molecule has 0 N–H and O–H groups in total. The fraction of sp³-hybridized carbons (Fsp3) is 0.375. The van der Waals surface area contributed by atoms with Crippen molar-refractivity contribution in [1.82, 2.24) is 14.9 Å². The number of morpholine rings is 1. The van der Waals surface area contributed by atoms with Crippen molar-refractivity contribution in [1.29, 1.82) is 0 Å². The maximum Gasteiger partial charge on any atom is 0.229 e. The molecule has 0 radical (unpaired) electrons. The number of methoxy groups -OCH3 is 1. The van der Waals surface area contributed by atoms with Crippen LogP contribution in [0.2, 0.25) is 5.02 Å². The minimum Gasteiger partial charge on any atom is -0.493 e. The van der Waals surface area contributed by atoms with Gasteiger partial charge in [0.25, 0.3) is 0 Å². The smallest absolute Gasteiger partial charge is 0.229 e. The van der Waals surface area contributed by atoms with Crippen molar-refractivity contribution in [2.75, 3.05) is 51.5 Å². The highest BCUT2D eigenvalue weighted by molar-refractivity contribution is 6.31. The molecule has 0 bridgehead atoms.